The summed E-state index contributed by atoms with van der Waals surface area (Å²) >= 11 is 3.26. The summed E-state index contributed by atoms with van der Waals surface area (Å²) in [5.41, 5.74) is 0.660. The van der Waals surface area contributed by atoms with E-state index < -0.39 is 17.7 Å². The number of aliphatic carboxylic acids is 1. The van der Waals surface area contributed by atoms with E-state index in [0.717, 1.165) is 4.47 Å². The third kappa shape index (κ3) is 2.96. The Morgan fingerprint density at radius 1 is 1.42 bits per heavy atom. The van der Waals surface area contributed by atoms with E-state index in [9.17, 15) is 9.18 Å². The summed E-state index contributed by atoms with van der Waals surface area (Å²) in [7, 11) is 0. The van der Waals surface area contributed by atoms with Crippen molar-refractivity contribution in [3.05, 3.63) is 46.6 Å². The number of nitrogens with zero attached hydrogens (tertiary/aromatic N) is 2. The second-order valence-electron chi connectivity index (χ2n) is 3.98. The molecule has 0 saturated carbocycles. The van der Waals surface area contributed by atoms with Gasteiger partial charge in [0.05, 0.1) is 5.69 Å². The average Bonchev–Trinajstić information content (AvgIpc) is 2.40. The Hall–Kier alpha value is -1.82. The van der Waals surface area contributed by atoms with Gasteiger partial charge < -0.3 is 5.11 Å². The molecule has 0 aliphatic carbocycles. The molecule has 98 valence electrons. The van der Waals surface area contributed by atoms with Crippen molar-refractivity contribution in [2.24, 2.45) is 0 Å². The van der Waals surface area contributed by atoms with Gasteiger partial charge in [0.15, 0.2) is 0 Å². The first-order valence-corrected chi connectivity index (χ1v) is 6.29. The minimum Gasteiger partial charge on any atom is -0.481 e. The molecule has 1 aromatic heterocycles. The van der Waals surface area contributed by atoms with Crippen LogP contribution in [0.1, 0.15) is 18.7 Å². The molecule has 1 unspecified atom stereocenters. The molecule has 6 heteroatoms. The molecule has 0 aliphatic heterocycles. The number of halogens is 2. The van der Waals surface area contributed by atoms with Crippen molar-refractivity contribution in [1.82, 2.24) is 9.97 Å². The molecule has 0 aliphatic rings. The van der Waals surface area contributed by atoms with Crippen LogP contribution < -0.4 is 0 Å². The van der Waals surface area contributed by atoms with Crippen LogP contribution in [-0.4, -0.2) is 21.0 Å². The molecule has 2 aromatic rings. The first-order valence-electron chi connectivity index (χ1n) is 5.50. The van der Waals surface area contributed by atoms with Crippen LogP contribution in [0.25, 0.3) is 11.3 Å². The maximum atomic E-state index is 13.7. The highest BCUT2D eigenvalue weighted by Gasteiger charge is 2.18. The fraction of sp³-hybridized carbons (Fsp3) is 0.154. The van der Waals surface area contributed by atoms with E-state index in [-0.39, 0.29) is 5.82 Å². The highest BCUT2D eigenvalue weighted by atomic mass is 79.9. The fourth-order valence-corrected chi connectivity index (χ4v) is 1.90. The van der Waals surface area contributed by atoms with Crippen LogP contribution >= 0.6 is 15.9 Å². The predicted molar refractivity (Wildman–Crippen MR) is 71.2 cm³/mol. The van der Waals surface area contributed by atoms with E-state index in [4.69, 9.17) is 5.11 Å². The fourth-order valence-electron chi connectivity index (χ4n) is 1.54. The quantitative estimate of drug-likeness (QED) is 0.941. The van der Waals surface area contributed by atoms with Crippen LogP contribution in [0.3, 0.4) is 0 Å². The highest BCUT2D eigenvalue weighted by molar-refractivity contribution is 9.10. The Kier molecular flexibility index (Phi) is 3.90. The molecule has 0 radical (unpaired) electrons. The monoisotopic (exact) mass is 324 g/mol. The van der Waals surface area contributed by atoms with Gasteiger partial charge in [0.1, 0.15) is 17.6 Å². The number of carbonyl (C=O) groups is 1. The minimum atomic E-state index is -1.02. The molecule has 1 atom stereocenters. The van der Waals surface area contributed by atoms with Crippen molar-refractivity contribution in [2.75, 3.05) is 0 Å². The Morgan fingerprint density at radius 2 is 2.16 bits per heavy atom. The average molecular weight is 325 g/mol. The van der Waals surface area contributed by atoms with E-state index in [1.165, 1.54) is 19.2 Å². The number of carboxylic acids is 1. The van der Waals surface area contributed by atoms with Crippen LogP contribution in [0.15, 0.2) is 34.9 Å². The summed E-state index contributed by atoms with van der Waals surface area (Å²) in [6, 6.07) is 6.04. The lowest BCUT2D eigenvalue weighted by Gasteiger charge is -2.08. The molecule has 0 bridgehead atoms. The maximum absolute atomic E-state index is 13.7. The van der Waals surface area contributed by atoms with Crippen LogP contribution in [0.2, 0.25) is 0 Å². The molecule has 2 rings (SSSR count). The van der Waals surface area contributed by atoms with Crippen molar-refractivity contribution in [2.45, 2.75) is 12.8 Å². The topological polar surface area (TPSA) is 63.1 Å². The molecular formula is C13H10BrFN2O2. The number of carboxylic acid groups (broad SMARTS) is 1. The lowest BCUT2D eigenvalue weighted by Crippen LogP contribution is -2.11. The first-order chi connectivity index (χ1) is 8.99. The molecule has 0 amide bonds. The van der Waals surface area contributed by atoms with Crippen LogP contribution in [-0.2, 0) is 4.79 Å². The molecular weight excluding hydrogens is 315 g/mol. The number of aromatic nitrogens is 2. The van der Waals surface area contributed by atoms with E-state index in [1.807, 2.05) is 0 Å². The van der Waals surface area contributed by atoms with Gasteiger partial charge in [-0.25, -0.2) is 14.4 Å². The van der Waals surface area contributed by atoms with Crippen LogP contribution in [0.5, 0.6) is 0 Å². The Bertz CT molecular complexity index is 634. The number of benzene rings is 1. The van der Waals surface area contributed by atoms with E-state index >= 15 is 0 Å². The van der Waals surface area contributed by atoms with Gasteiger partial charge in [-0.1, -0.05) is 15.9 Å². The Morgan fingerprint density at radius 3 is 2.84 bits per heavy atom. The molecule has 0 saturated heterocycles. The van der Waals surface area contributed by atoms with Crippen LogP contribution in [0.4, 0.5) is 4.39 Å². The second kappa shape index (κ2) is 5.44. The van der Waals surface area contributed by atoms with Gasteiger partial charge in [-0.05, 0) is 31.2 Å². The van der Waals surface area contributed by atoms with Gasteiger partial charge in [0, 0.05) is 16.2 Å². The predicted octanol–water partition coefficient (Wildman–Crippen LogP) is 3.23. The SMILES string of the molecule is CC(C(=O)O)c1nccc(-c2cc(Br)ccc2F)n1. The molecule has 4 nitrogen and oxygen atoms in total. The van der Waals surface area contributed by atoms with E-state index in [1.54, 1.807) is 18.2 Å². The van der Waals surface area contributed by atoms with Crippen molar-refractivity contribution in [1.29, 1.82) is 0 Å². The largest absolute Gasteiger partial charge is 0.481 e. The van der Waals surface area contributed by atoms with Crippen molar-refractivity contribution < 1.29 is 14.3 Å². The number of hydrogen-bond acceptors (Lipinski definition) is 3. The van der Waals surface area contributed by atoms with Crippen LogP contribution in [0, 0.1) is 5.82 Å². The van der Waals surface area contributed by atoms with Crippen molar-refractivity contribution >= 4 is 21.9 Å². The molecule has 19 heavy (non-hydrogen) atoms. The summed E-state index contributed by atoms with van der Waals surface area (Å²) in [4.78, 5) is 18.9. The molecule has 1 N–H and O–H groups in total. The summed E-state index contributed by atoms with van der Waals surface area (Å²) in [5, 5.41) is 8.93. The third-order valence-electron chi connectivity index (χ3n) is 2.64. The number of rotatable bonds is 3. The second-order valence-corrected chi connectivity index (χ2v) is 4.90. The highest BCUT2D eigenvalue weighted by Crippen LogP contribution is 2.25. The van der Waals surface area contributed by atoms with E-state index in [0.29, 0.717) is 11.3 Å². The number of hydrogen-bond donors (Lipinski definition) is 1. The zero-order valence-electron chi connectivity index (χ0n) is 9.97. The van der Waals surface area contributed by atoms with Gasteiger partial charge in [-0.2, -0.15) is 0 Å². The Balaban J connectivity index is 2.49. The zero-order chi connectivity index (χ0) is 14.0. The van der Waals surface area contributed by atoms with Gasteiger partial charge in [-0.15, -0.1) is 0 Å². The molecule has 0 fully saturated rings. The van der Waals surface area contributed by atoms with E-state index in [2.05, 4.69) is 25.9 Å². The third-order valence-corrected chi connectivity index (χ3v) is 3.13. The summed E-state index contributed by atoms with van der Waals surface area (Å²) in [6.07, 6.45) is 1.43. The first kappa shape index (κ1) is 13.6. The molecule has 1 aromatic carbocycles. The van der Waals surface area contributed by atoms with Gasteiger partial charge >= 0.3 is 5.97 Å². The maximum Gasteiger partial charge on any atom is 0.313 e. The van der Waals surface area contributed by atoms with Crippen molar-refractivity contribution in [3.8, 4) is 11.3 Å². The summed E-state index contributed by atoms with van der Waals surface area (Å²) < 4.78 is 14.5. The smallest absolute Gasteiger partial charge is 0.313 e. The van der Waals surface area contributed by atoms with Gasteiger partial charge in [0.25, 0.3) is 0 Å². The standard InChI is InChI=1S/C13H10BrFN2O2/c1-7(13(18)19)12-16-5-4-11(17-12)9-6-8(14)2-3-10(9)15/h2-7H,1H3,(H,18,19). The lowest BCUT2D eigenvalue weighted by molar-refractivity contribution is -0.138. The minimum absolute atomic E-state index is 0.157. The summed E-state index contributed by atoms with van der Waals surface area (Å²) in [6.45, 7) is 1.48. The normalized spacial score (nSPS) is 12.2. The van der Waals surface area contributed by atoms with Gasteiger partial charge in [0.2, 0.25) is 0 Å². The zero-order valence-corrected chi connectivity index (χ0v) is 11.6. The molecule has 1 heterocycles. The van der Waals surface area contributed by atoms with Crippen molar-refractivity contribution in [3.63, 3.8) is 0 Å². The van der Waals surface area contributed by atoms with Gasteiger partial charge in [-0.3, -0.25) is 4.79 Å². The molecule has 0 spiro atoms. The Labute approximate surface area is 117 Å². The summed E-state index contributed by atoms with van der Waals surface area (Å²) in [5.74, 6) is -2.12. The lowest BCUT2D eigenvalue weighted by atomic mass is 10.1.